The average Bonchev–Trinajstić information content (AvgIpc) is 3.10. The topological polar surface area (TPSA) is 63.7 Å². The SMILES string of the molecule is CCOc1cccc(CN2CC(C(=O)NCc3ccncc3)C3(CCOCC3)C2)c1. The molecule has 2 fully saturated rings. The highest BCUT2D eigenvalue weighted by atomic mass is 16.5. The lowest BCUT2D eigenvalue weighted by molar-refractivity contribution is -0.130. The van der Waals surface area contributed by atoms with Gasteiger partial charge in [-0.15, -0.1) is 0 Å². The molecule has 0 saturated carbocycles. The Bertz CT molecular complexity index is 837. The van der Waals surface area contributed by atoms with Gasteiger partial charge < -0.3 is 14.8 Å². The maximum atomic E-state index is 13.2. The Kier molecular flexibility index (Phi) is 6.65. The molecule has 1 unspecified atom stereocenters. The first-order valence-corrected chi connectivity index (χ1v) is 10.9. The van der Waals surface area contributed by atoms with Crippen LogP contribution in [-0.4, -0.2) is 48.7 Å². The van der Waals surface area contributed by atoms with Gasteiger partial charge in [-0.25, -0.2) is 0 Å². The third-order valence-corrected chi connectivity index (χ3v) is 6.36. The van der Waals surface area contributed by atoms with E-state index >= 15 is 0 Å². The van der Waals surface area contributed by atoms with Gasteiger partial charge in [-0.05, 0) is 55.2 Å². The first-order chi connectivity index (χ1) is 14.7. The summed E-state index contributed by atoms with van der Waals surface area (Å²) in [7, 11) is 0. The number of carbonyl (C=O) groups is 1. The fourth-order valence-electron chi connectivity index (χ4n) is 4.81. The highest BCUT2D eigenvalue weighted by Crippen LogP contribution is 2.44. The monoisotopic (exact) mass is 409 g/mol. The van der Waals surface area contributed by atoms with Crippen molar-refractivity contribution in [3.63, 3.8) is 0 Å². The van der Waals surface area contributed by atoms with Crippen LogP contribution in [0.2, 0.25) is 0 Å². The molecule has 1 amide bonds. The minimum absolute atomic E-state index is 0.00188. The van der Waals surface area contributed by atoms with Crippen LogP contribution in [0.4, 0.5) is 0 Å². The molecule has 2 aliphatic rings. The van der Waals surface area contributed by atoms with Gasteiger partial charge in [0.25, 0.3) is 0 Å². The molecule has 2 saturated heterocycles. The van der Waals surface area contributed by atoms with Crippen molar-refractivity contribution in [2.24, 2.45) is 11.3 Å². The number of aromatic nitrogens is 1. The van der Waals surface area contributed by atoms with Crippen LogP contribution in [0, 0.1) is 11.3 Å². The molecule has 2 aliphatic heterocycles. The number of amides is 1. The van der Waals surface area contributed by atoms with Crippen LogP contribution >= 0.6 is 0 Å². The summed E-state index contributed by atoms with van der Waals surface area (Å²) in [5, 5.41) is 3.17. The molecule has 0 aliphatic carbocycles. The van der Waals surface area contributed by atoms with Crippen molar-refractivity contribution >= 4 is 5.91 Å². The van der Waals surface area contributed by atoms with Crippen molar-refractivity contribution in [2.75, 3.05) is 32.9 Å². The van der Waals surface area contributed by atoms with Crippen molar-refractivity contribution in [3.8, 4) is 5.75 Å². The highest BCUT2D eigenvalue weighted by Gasteiger charge is 2.50. The van der Waals surface area contributed by atoms with Crippen molar-refractivity contribution in [1.29, 1.82) is 0 Å². The van der Waals surface area contributed by atoms with Crippen LogP contribution in [0.15, 0.2) is 48.8 Å². The molecule has 30 heavy (non-hydrogen) atoms. The minimum atomic E-state index is -0.0155. The maximum Gasteiger partial charge on any atom is 0.225 e. The second kappa shape index (κ2) is 9.58. The molecular weight excluding hydrogens is 378 g/mol. The first kappa shape index (κ1) is 20.8. The lowest BCUT2D eigenvalue weighted by atomic mass is 9.71. The summed E-state index contributed by atoms with van der Waals surface area (Å²) in [6.07, 6.45) is 5.40. The Labute approximate surface area is 178 Å². The van der Waals surface area contributed by atoms with Crippen LogP contribution in [-0.2, 0) is 22.6 Å². The molecular formula is C24H31N3O3. The Hall–Kier alpha value is -2.44. The summed E-state index contributed by atoms with van der Waals surface area (Å²) in [4.78, 5) is 19.7. The Morgan fingerprint density at radius 2 is 2.03 bits per heavy atom. The van der Waals surface area contributed by atoms with Crippen LogP contribution < -0.4 is 10.1 Å². The predicted molar refractivity (Wildman–Crippen MR) is 115 cm³/mol. The highest BCUT2D eigenvalue weighted by molar-refractivity contribution is 5.80. The maximum absolute atomic E-state index is 13.2. The molecule has 1 atom stereocenters. The van der Waals surface area contributed by atoms with Crippen LogP contribution in [0.1, 0.15) is 30.9 Å². The lowest BCUT2D eigenvalue weighted by Gasteiger charge is -2.37. The summed E-state index contributed by atoms with van der Waals surface area (Å²) < 4.78 is 11.3. The molecule has 6 heteroatoms. The Morgan fingerprint density at radius 1 is 1.23 bits per heavy atom. The second-order valence-corrected chi connectivity index (χ2v) is 8.35. The van der Waals surface area contributed by atoms with Gasteiger partial charge in [-0.2, -0.15) is 0 Å². The quantitative estimate of drug-likeness (QED) is 0.762. The number of hydrogen-bond acceptors (Lipinski definition) is 5. The third kappa shape index (κ3) is 4.82. The third-order valence-electron chi connectivity index (χ3n) is 6.36. The zero-order valence-electron chi connectivity index (χ0n) is 17.7. The van der Waals surface area contributed by atoms with E-state index in [0.29, 0.717) is 13.2 Å². The number of carbonyl (C=O) groups excluding carboxylic acids is 1. The second-order valence-electron chi connectivity index (χ2n) is 8.35. The normalized spacial score (nSPS) is 20.9. The summed E-state index contributed by atoms with van der Waals surface area (Å²) in [5.74, 6) is 1.04. The van der Waals surface area contributed by atoms with Gasteiger partial charge in [0, 0.05) is 57.2 Å². The van der Waals surface area contributed by atoms with E-state index in [1.807, 2.05) is 31.2 Å². The molecule has 0 radical (unpaired) electrons. The number of likely N-dealkylation sites (tertiary alicyclic amines) is 1. The fourth-order valence-corrected chi connectivity index (χ4v) is 4.81. The average molecular weight is 410 g/mol. The number of benzene rings is 1. The summed E-state index contributed by atoms with van der Waals surface area (Å²) in [6, 6.07) is 12.2. The zero-order valence-corrected chi connectivity index (χ0v) is 17.7. The van der Waals surface area contributed by atoms with Crippen molar-refractivity contribution in [2.45, 2.75) is 32.9 Å². The number of pyridine rings is 1. The van der Waals surface area contributed by atoms with Gasteiger partial charge in [0.05, 0.1) is 12.5 Å². The van der Waals surface area contributed by atoms with Crippen molar-refractivity contribution in [1.82, 2.24) is 15.2 Å². The molecule has 1 aromatic carbocycles. The van der Waals surface area contributed by atoms with Gasteiger partial charge >= 0.3 is 0 Å². The van der Waals surface area contributed by atoms with Crippen molar-refractivity contribution < 1.29 is 14.3 Å². The molecule has 2 aromatic rings. The smallest absolute Gasteiger partial charge is 0.225 e. The van der Waals surface area contributed by atoms with E-state index in [1.54, 1.807) is 12.4 Å². The number of ether oxygens (including phenoxy) is 2. The predicted octanol–water partition coefficient (Wildman–Crippen LogP) is 3.03. The van der Waals surface area contributed by atoms with E-state index in [9.17, 15) is 4.79 Å². The molecule has 3 heterocycles. The van der Waals surface area contributed by atoms with Crippen LogP contribution in [0.5, 0.6) is 5.75 Å². The molecule has 1 aromatic heterocycles. The zero-order chi connectivity index (χ0) is 20.8. The minimum Gasteiger partial charge on any atom is -0.494 e. The first-order valence-electron chi connectivity index (χ1n) is 10.9. The number of nitrogens with zero attached hydrogens (tertiary/aromatic N) is 2. The van der Waals surface area contributed by atoms with Crippen molar-refractivity contribution in [3.05, 3.63) is 59.9 Å². The molecule has 1 spiro atoms. The molecule has 6 nitrogen and oxygen atoms in total. The molecule has 1 N–H and O–H groups in total. The standard InChI is InChI=1S/C24H31N3O3/c1-2-30-21-5-3-4-20(14-21)16-27-17-22(24(18-27)8-12-29-13-9-24)23(28)26-15-19-6-10-25-11-7-19/h3-7,10-11,14,22H,2,8-9,12-13,15-18H2,1H3,(H,26,28). The summed E-state index contributed by atoms with van der Waals surface area (Å²) in [6.45, 7) is 7.22. The summed E-state index contributed by atoms with van der Waals surface area (Å²) in [5.41, 5.74) is 2.29. The van der Waals surface area contributed by atoms with Gasteiger partial charge in [0.1, 0.15) is 5.75 Å². The van der Waals surface area contributed by atoms with Gasteiger partial charge in [0.2, 0.25) is 5.91 Å². The van der Waals surface area contributed by atoms with Gasteiger partial charge in [0.15, 0.2) is 0 Å². The summed E-state index contributed by atoms with van der Waals surface area (Å²) >= 11 is 0. The number of rotatable bonds is 7. The fraction of sp³-hybridized carbons (Fsp3) is 0.500. The number of hydrogen-bond donors (Lipinski definition) is 1. The van der Waals surface area contributed by atoms with E-state index < -0.39 is 0 Å². The Balaban J connectivity index is 1.45. The Morgan fingerprint density at radius 3 is 2.80 bits per heavy atom. The molecule has 4 rings (SSSR count). The van der Waals surface area contributed by atoms with E-state index in [2.05, 4.69) is 27.3 Å². The number of nitrogens with one attached hydrogen (secondary N) is 1. The van der Waals surface area contributed by atoms with Crippen LogP contribution in [0.3, 0.4) is 0 Å². The van der Waals surface area contributed by atoms with E-state index in [4.69, 9.17) is 9.47 Å². The van der Waals surface area contributed by atoms with Gasteiger partial charge in [-0.3, -0.25) is 14.7 Å². The van der Waals surface area contributed by atoms with E-state index in [-0.39, 0.29) is 17.2 Å². The molecule has 0 bridgehead atoms. The molecule has 160 valence electrons. The van der Waals surface area contributed by atoms with E-state index in [0.717, 1.165) is 57.0 Å². The van der Waals surface area contributed by atoms with E-state index in [1.165, 1.54) is 5.56 Å². The largest absolute Gasteiger partial charge is 0.494 e. The lowest BCUT2D eigenvalue weighted by Crippen LogP contribution is -2.44. The van der Waals surface area contributed by atoms with Gasteiger partial charge in [-0.1, -0.05) is 12.1 Å². The van der Waals surface area contributed by atoms with Crippen LogP contribution in [0.25, 0.3) is 0 Å².